The summed E-state index contributed by atoms with van der Waals surface area (Å²) < 4.78 is 11.2. The molecule has 5 nitrogen and oxygen atoms in total. The van der Waals surface area contributed by atoms with Crippen molar-refractivity contribution in [3.8, 4) is 5.75 Å². The van der Waals surface area contributed by atoms with Crippen molar-refractivity contribution < 1.29 is 14.3 Å². The number of likely N-dealkylation sites (tertiary alicyclic amines) is 1. The number of nitrogens with zero attached hydrogens (tertiary/aromatic N) is 1. The highest BCUT2D eigenvalue weighted by Gasteiger charge is 2.29. The number of carbonyl (C=O) groups is 1. The summed E-state index contributed by atoms with van der Waals surface area (Å²) in [5.41, 5.74) is 0.654. The highest BCUT2D eigenvalue weighted by Crippen LogP contribution is 2.29. The van der Waals surface area contributed by atoms with E-state index in [2.05, 4.69) is 10.2 Å². The number of ether oxygens (including phenoxy) is 2. The summed E-state index contributed by atoms with van der Waals surface area (Å²) in [4.78, 5) is 15.1. The van der Waals surface area contributed by atoms with Gasteiger partial charge in [-0.25, -0.2) is 4.79 Å². The molecule has 5 heteroatoms. The minimum absolute atomic E-state index is 0.00846. The van der Waals surface area contributed by atoms with Gasteiger partial charge >= 0.3 is 6.09 Å². The van der Waals surface area contributed by atoms with Crippen molar-refractivity contribution in [3.05, 3.63) is 24.3 Å². The van der Waals surface area contributed by atoms with Gasteiger partial charge in [0.25, 0.3) is 0 Å². The zero-order valence-electron chi connectivity index (χ0n) is 15.9. The van der Waals surface area contributed by atoms with Gasteiger partial charge < -0.3 is 14.4 Å². The molecule has 2 aliphatic rings. The Labute approximate surface area is 157 Å². The lowest BCUT2D eigenvalue weighted by atomic mass is 9.95. The minimum atomic E-state index is -0.370. The van der Waals surface area contributed by atoms with Gasteiger partial charge in [0.1, 0.15) is 11.9 Å². The Morgan fingerprint density at radius 1 is 1.08 bits per heavy atom. The molecule has 0 aromatic heterocycles. The fraction of sp³-hybridized carbons (Fsp3) is 0.667. The summed E-state index contributed by atoms with van der Waals surface area (Å²) in [6, 6.07) is 7.43. The Bertz CT molecular complexity index is 572. The summed E-state index contributed by atoms with van der Waals surface area (Å²) >= 11 is 0. The van der Waals surface area contributed by atoms with Crippen molar-refractivity contribution in [1.82, 2.24) is 4.90 Å². The van der Waals surface area contributed by atoms with E-state index in [9.17, 15) is 4.79 Å². The molecule has 2 atom stereocenters. The lowest BCUT2D eigenvalue weighted by Crippen LogP contribution is -2.39. The van der Waals surface area contributed by atoms with E-state index in [0.717, 1.165) is 25.8 Å². The number of piperidine rings is 1. The van der Waals surface area contributed by atoms with Crippen molar-refractivity contribution in [1.29, 1.82) is 0 Å². The summed E-state index contributed by atoms with van der Waals surface area (Å²) in [5.74, 6) is 1.09. The molecule has 1 aromatic carbocycles. The minimum Gasteiger partial charge on any atom is -0.495 e. The van der Waals surface area contributed by atoms with Crippen LogP contribution in [0.4, 0.5) is 10.5 Å². The molecule has 0 bridgehead atoms. The number of anilines is 1. The van der Waals surface area contributed by atoms with E-state index in [4.69, 9.17) is 9.47 Å². The van der Waals surface area contributed by atoms with Crippen LogP contribution in [0.1, 0.15) is 51.4 Å². The number of hydrogen-bond acceptors (Lipinski definition) is 4. The normalized spacial score (nSPS) is 24.5. The van der Waals surface area contributed by atoms with E-state index in [-0.39, 0.29) is 12.2 Å². The predicted molar refractivity (Wildman–Crippen MR) is 104 cm³/mol. The van der Waals surface area contributed by atoms with Crippen molar-refractivity contribution in [2.75, 3.05) is 32.1 Å². The maximum Gasteiger partial charge on any atom is 0.412 e. The number of rotatable bonds is 5. The average molecular weight is 360 g/mol. The maximum atomic E-state index is 12.5. The molecule has 2 unspecified atom stereocenters. The highest BCUT2D eigenvalue weighted by atomic mass is 16.6. The average Bonchev–Trinajstić information content (AvgIpc) is 2.88. The van der Waals surface area contributed by atoms with Crippen molar-refractivity contribution >= 4 is 11.8 Å². The van der Waals surface area contributed by atoms with E-state index in [1.54, 1.807) is 7.11 Å². The molecule has 1 N–H and O–H groups in total. The molecule has 3 rings (SSSR count). The summed E-state index contributed by atoms with van der Waals surface area (Å²) in [6.07, 6.45) is 9.34. The largest absolute Gasteiger partial charge is 0.495 e. The fourth-order valence-electron chi connectivity index (χ4n) is 4.21. The lowest BCUT2D eigenvalue weighted by molar-refractivity contribution is 0.0472. The summed E-state index contributed by atoms with van der Waals surface area (Å²) in [6.45, 7) is 3.44. The first-order chi connectivity index (χ1) is 12.8. The number of amides is 1. The topological polar surface area (TPSA) is 50.8 Å². The molecule has 1 aliphatic heterocycles. The van der Waals surface area contributed by atoms with E-state index < -0.39 is 0 Å². The maximum absolute atomic E-state index is 12.5. The number of benzene rings is 1. The van der Waals surface area contributed by atoms with Crippen LogP contribution in [-0.2, 0) is 4.74 Å². The summed E-state index contributed by atoms with van der Waals surface area (Å²) in [7, 11) is 1.60. The van der Waals surface area contributed by atoms with Gasteiger partial charge in [-0.2, -0.15) is 0 Å². The Hall–Kier alpha value is -1.75. The van der Waals surface area contributed by atoms with Crippen LogP contribution in [0, 0.1) is 5.92 Å². The number of para-hydroxylation sites is 2. The van der Waals surface area contributed by atoms with Gasteiger partial charge in [-0.05, 0) is 57.3 Å². The van der Waals surface area contributed by atoms with Gasteiger partial charge in [-0.15, -0.1) is 0 Å². The molecule has 1 saturated carbocycles. The van der Waals surface area contributed by atoms with Crippen LogP contribution >= 0.6 is 0 Å². The third-order valence-corrected chi connectivity index (χ3v) is 5.63. The van der Waals surface area contributed by atoms with Crippen LogP contribution in [0.5, 0.6) is 5.75 Å². The van der Waals surface area contributed by atoms with Crippen LogP contribution in [-0.4, -0.2) is 43.8 Å². The van der Waals surface area contributed by atoms with E-state index in [0.29, 0.717) is 17.4 Å². The van der Waals surface area contributed by atoms with Crippen LogP contribution in [0.25, 0.3) is 0 Å². The van der Waals surface area contributed by atoms with Crippen molar-refractivity contribution in [2.24, 2.45) is 5.92 Å². The van der Waals surface area contributed by atoms with Crippen molar-refractivity contribution in [3.63, 3.8) is 0 Å². The Balaban J connectivity index is 1.59. The monoisotopic (exact) mass is 360 g/mol. The van der Waals surface area contributed by atoms with Gasteiger partial charge in [0.2, 0.25) is 0 Å². The molecule has 1 amide bonds. The number of carbonyl (C=O) groups excluding carboxylic acids is 1. The zero-order valence-corrected chi connectivity index (χ0v) is 15.9. The molecular formula is C21H32N2O3. The fourth-order valence-corrected chi connectivity index (χ4v) is 4.21. The van der Waals surface area contributed by atoms with Gasteiger partial charge in [-0.1, -0.05) is 31.4 Å². The van der Waals surface area contributed by atoms with Gasteiger partial charge in [0, 0.05) is 12.5 Å². The number of methoxy groups -OCH3 is 1. The molecular weight excluding hydrogens is 328 g/mol. The third-order valence-electron chi connectivity index (χ3n) is 5.63. The van der Waals surface area contributed by atoms with Gasteiger partial charge in [0.05, 0.1) is 12.8 Å². The molecule has 144 valence electrons. The first kappa shape index (κ1) is 19.0. The molecule has 1 heterocycles. The molecule has 0 spiro atoms. The van der Waals surface area contributed by atoms with Crippen LogP contribution < -0.4 is 10.1 Å². The lowest BCUT2D eigenvalue weighted by Gasteiger charge is -2.33. The first-order valence-electron chi connectivity index (χ1n) is 10.1. The number of nitrogens with one attached hydrogen (secondary N) is 1. The van der Waals surface area contributed by atoms with Crippen LogP contribution in [0.2, 0.25) is 0 Å². The van der Waals surface area contributed by atoms with Crippen LogP contribution in [0.15, 0.2) is 24.3 Å². The second-order valence-electron chi connectivity index (χ2n) is 7.53. The first-order valence-corrected chi connectivity index (χ1v) is 10.1. The molecule has 0 radical (unpaired) electrons. The molecule has 1 saturated heterocycles. The van der Waals surface area contributed by atoms with Gasteiger partial charge in [0.15, 0.2) is 0 Å². The molecule has 26 heavy (non-hydrogen) atoms. The molecule has 1 aliphatic carbocycles. The zero-order chi connectivity index (χ0) is 18.2. The quantitative estimate of drug-likeness (QED) is 0.775. The van der Waals surface area contributed by atoms with E-state index in [1.165, 1.54) is 45.2 Å². The Kier molecular flexibility index (Phi) is 7.18. The Morgan fingerprint density at radius 3 is 2.62 bits per heavy atom. The second-order valence-corrected chi connectivity index (χ2v) is 7.53. The van der Waals surface area contributed by atoms with E-state index >= 15 is 0 Å². The third kappa shape index (κ3) is 5.37. The van der Waals surface area contributed by atoms with E-state index in [1.807, 2.05) is 24.3 Å². The highest BCUT2D eigenvalue weighted by molar-refractivity contribution is 5.86. The SMILES string of the molecule is COc1ccccc1NC(=O)OC1CCCCCC1CN1CCCCC1. The standard InChI is InChI=1S/C21H32N2O3/c1-25-20-13-7-6-11-18(20)22-21(24)26-19-12-5-2-4-10-17(19)16-23-14-8-3-9-15-23/h6-7,11,13,17,19H,2-5,8-10,12,14-16H2,1H3,(H,22,24). The molecule has 1 aromatic rings. The second kappa shape index (κ2) is 9.81. The smallest absolute Gasteiger partial charge is 0.412 e. The number of hydrogen-bond donors (Lipinski definition) is 1. The predicted octanol–water partition coefficient (Wildman–Crippen LogP) is 4.68. The van der Waals surface area contributed by atoms with Crippen LogP contribution in [0.3, 0.4) is 0 Å². The molecule has 2 fully saturated rings. The van der Waals surface area contributed by atoms with Gasteiger partial charge in [-0.3, -0.25) is 5.32 Å². The van der Waals surface area contributed by atoms with Crippen molar-refractivity contribution in [2.45, 2.75) is 57.5 Å². The Morgan fingerprint density at radius 2 is 1.81 bits per heavy atom. The summed E-state index contributed by atoms with van der Waals surface area (Å²) in [5, 5.41) is 2.85.